The Labute approximate surface area is 205 Å². The third-order valence-electron chi connectivity index (χ3n) is 5.97. The lowest BCUT2D eigenvalue weighted by Crippen LogP contribution is -2.17. The maximum atomic E-state index is 9.23. The second kappa shape index (κ2) is 9.10. The molecule has 1 saturated heterocycles. The van der Waals surface area contributed by atoms with E-state index in [1.165, 1.54) is 6.33 Å². The number of nitrogens with one attached hydrogen (secondary N) is 1. The maximum absolute atomic E-state index is 9.23. The molecule has 176 valence electrons. The van der Waals surface area contributed by atoms with E-state index in [4.69, 9.17) is 21.1 Å². The number of H-pyrrole nitrogens is 1. The summed E-state index contributed by atoms with van der Waals surface area (Å²) >= 11 is 6.57. The molecule has 9 nitrogen and oxygen atoms in total. The van der Waals surface area contributed by atoms with Gasteiger partial charge in [-0.15, -0.1) is 0 Å². The highest BCUT2D eigenvalue weighted by molar-refractivity contribution is 6.33. The van der Waals surface area contributed by atoms with Crippen LogP contribution in [0.2, 0.25) is 5.02 Å². The number of aliphatic hydroxyl groups is 1. The van der Waals surface area contributed by atoms with Crippen molar-refractivity contribution in [2.75, 3.05) is 13.2 Å². The van der Waals surface area contributed by atoms with Crippen molar-refractivity contribution in [1.29, 1.82) is 0 Å². The van der Waals surface area contributed by atoms with Gasteiger partial charge in [-0.05, 0) is 29.3 Å². The fourth-order valence-corrected chi connectivity index (χ4v) is 4.42. The summed E-state index contributed by atoms with van der Waals surface area (Å²) < 4.78 is 13.1. The molecule has 1 fully saturated rings. The van der Waals surface area contributed by atoms with Crippen LogP contribution in [0.4, 0.5) is 0 Å². The average molecular weight is 489 g/mol. The molecular weight excluding hydrogens is 468 g/mol. The van der Waals surface area contributed by atoms with E-state index in [1.54, 1.807) is 17.1 Å². The summed E-state index contributed by atoms with van der Waals surface area (Å²) in [7, 11) is 0. The van der Waals surface area contributed by atoms with E-state index in [0.29, 0.717) is 40.9 Å². The van der Waals surface area contributed by atoms with Gasteiger partial charge in [-0.3, -0.25) is 0 Å². The minimum absolute atomic E-state index is 0.0202. The fraction of sp³-hybridized carbons (Fsp3) is 0.200. The number of rotatable bonds is 6. The number of pyridine rings is 1. The van der Waals surface area contributed by atoms with Crippen LogP contribution in [0.25, 0.3) is 39.2 Å². The van der Waals surface area contributed by atoms with Crippen molar-refractivity contribution in [3.63, 3.8) is 0 Å². The van der Waals surface area contributed by atoms with Crippen molar-refractivity contribution in [3.8, 4) is 34.1 Å². The molecule has 0 spiro atoms. The monoisotopic (exact) mass is 488 g/mol. The van der Waals surface area contributed by atoms with Gasteiger partial charge in [-0.2, -0.15) is 10.1 Å². The van der Waals surface area contributed by atoms with Crippen molar-refractivity contribution in [2.45, 2.75) is 18.6 Å². The van der Waals surface area contributed by atoms with Gasteiger partial charge >= 0.3 is 0 Å². The topological polar surface area (TPSA) is 111 Å². The predicted octanol–water partition coefficient (Wildman–Crippen LogP) is 4.05. The lowest BCUT2D eigenvalue weighted by molar-refractivity contribution is 0.0528. The fourth-order valence-electron chi connectivity index (χ4n) is 4.16. The average Bonchev–Trinajstić information content (AvgIpc) is 3.65. The molecule has 2 unspecified atom stereocenters. The Bertz CT molecular complexity index is 1450. The molecule has 1 aliphatic rings. The van der Waals surface area contributed by atoms with Crippen molar-refractivity contribution in [1.82, 2.24) is 29.7 Å². The number of nitrogens with zero attached hydrogens (tertiary/aromatic N) is 5. The molecule has 0 radical (unpaired) electrons. The van der Waals surface area contributed by atoms with E-state index in [0.717, 1.165) is 22.4 Å². The first-order valence-corrected chi connectivity index (χ1v) is 11.6. The first kappa shape index (κ1) is 21.7. The summed E-state index contributed by atoms with van der Waals surface area (Å²) in [5, 5.41) is 13.9. The maximum Gasteiger partial charge on any atom is 0.296 e. The second-order valence-corrected chi connectivity index (χ2v) is 8.72. The number of hydrogen-bond acceptors (Lipinski definition) is 7. The molecule has 4 heterocycles. The predicted molar refractivity (Wildman–Crippen MR) is 131 cm³/mol. The second-order valence-electron chi connectivity index (χ2n) is 8.31. The van der Waals surface area contributed by atoms with E-state index >= 15 is 0 Å². The highest BCUT2D eigenvalue weighted by Crippen LogP contribution is 2.31. The Kier molecular flexibility index (Phi) is 5.65. The zero-order valence-corrected chi connectivity index (χ0v) is 19.3. The first-order chi connectivity index (χ1) is 17.2. The van der Waals surface area contributed by atoms with Crippen LogP contribution in [0.3, 0.4) is 0 Å². The number of fused-ring (bicyclic) bond motifs is 1. The zero-order chi connectivity index (χ0) is 23.8. The molecule has 3 aromatic heterocycles. The van der Waals surface area contributed by atoms with Crippen LogP contribution in [-0.2, 0) is 4.74 Å². The van der Waals surface area contributed by atoms with Gasteiger partial charge in [0.15, 0.2) is 5.65 Å². The van der Waals surface area contributed by atoms with Crippen LogP contribution in [0.15, 0.2) is 67.3 Å². The minimum Gasteiger partial charge on any atom is -0.459 e. The highest BCUT2D eigenvalue weighted by Gasteiger charge is 2.27. The standard InChI is InChI=1S/C25H21ClN6O3/c26-21-10-22-24(31-25(29-22)35-20-9-19(11-33)34-12-20)30-23(21)17-3-1-15(2-4-17)16-5-7-18(8-6-16)32-14-27-13-28-32/h1-8,10,13-14,19-20,33H,9,11-12H2,(H,29,30,31). The van der Waals surface area contributed by atoms with Crippen LogP contribution in [0, 0.1) is 0 Å². The van der Waals surface area contributed by atoms with E-state index in [1.807, 2.05) is 48.5 Å². The van der Waals surface area contributed by atoms with Crippen LogP contribution in [-0.4, -0.2) is 60.2 Å². The third-order valence-corrected chi connectivity index (χ3v) is 6.26. The largest absolute Gasteiger partial charge is 0.459 e. The molecule has 0 bridgehead atoms. The first-order valence-electron chi connectivity index (χ1n) is 11.2. The van der Waals surface area contributed by atoms with Crippen molar-refractivity contribution in [2.24, 2.45) is 0 Å². The Morgan fingerprint density at radius 2 is 1.80 bits per heavy atom. The molecule has 6 rings (SSSR count). The van der Waals surface area contributed by atoms with Gasteiger partial charge in [0.05, 0.1) is 41.2 Å². The van der Waals surface area contributed by atoms with Gasteiger partial charge < -0.3 is 19.6 Å². The van der Waals surface area contributed by atoms with Crippen molar-refractivity contribution in [3.05, 3.63) is 72.3 Å². The Hall–Kier alpha value is -3.79. The number of aromatic nitrogens is 6. The van der Waals surface area contributed by atoms with Gasteiger partial charge in [0.25, 0.3) is 6.01 Å². The molecule has 2 aromatic carbocycles. The van der Waals surface area contributed by atoms with E-state index in [-0.39, 0.29) is 18.8 Å². The highest BCUT2D eigenvalue weighted by atomic mass is 35.5. The van der Waals surface area contributed by atoms with Crippen LogP contribution in [0.1, 0.15) is 6.42 Å². The summed E-state index contributed by atoms with van der Waals surface area (Å²) in [6.45, 7) is 0.394. The number of aromatic amines is 1. The summed E-state index contributed by atoms with van der Waals surface area (Å²) in [4.78, 5) is 16.2. The molecule has 5 aromatic rings. The quantitative estimate of drug-likeness (QED) is 0.371. The molecule has 10 heteroatoms. The van der Waals surface area contributed by atoms with Crippen LogP contribution in [0.5, 0.6) is 6.01 Å². The molecule has 2 atom stereocenters. The zero-order valence-electron chi connectivity index (χ0n) is 18.5. The number of benzene rings is 2. The molecular formula is C25H21ClN6O3. The van der Waals surface area contributed by atoms with E-state index in [9.17, 15) is 5.11 Å². The van der Waals surface area contributed by atoms with Gasteiger partial charge in [0, 0.05) is 12.0 Å². The van der Waals surface area contributed by atoms with Gasteiger partial charge in [-0.1, -0.05) is 48.0 Å². The number of imidazole rings is 1. The number of ether oxygens (including phenoxy) is 2. The van der Waals surface area contributed by atoms with Gasteiger partial charge in [-0.25, -0.2) is 14.6 Å². The lowest BCUT2D eigenvalue weighted by Gasteiger charge is -2.07. The van der Waals surface area contributed by atoms with E-state index in [2.05, 4.69) is 25.0 Å². The van der Waals surface area contributed by atoms with Gasteiger partial charge in [0.2, 0.25) is 0 Å². The Morgan fingerprint density at radius 3 is 2.49 bits per heavy atom. The molecule has 0 aliphatic carbocycles. The molecule has 2 N–H and O–H groups in total. The SMILES string of the molecule is OCC1CC(Oc2nc3nc(-c4ccc(-c5ccc(-n6cncn6)cc5)cc4)c(Cl)cc3[nH]2)CO1. The van der Waals surface area contributed by atoms with E-state index < -0.39 is 0 Å². The number of halogens is 1. The van der Waals surface area contributed by atoms with Gasteiger partial charge in [0.1, 0.15) is 18.8 Å². The smallest absolute Gasteiger partial charge is 0.296 e. The summed E-state index contributed by atoms with van der Waals surface area (Å²) in [5.74, 6) is 0. The van der Waals surface area contributed by atoms with Crippen LogP contribution >= 0.6 is 11.6 Å². The van der Waals surface area contributed by atoms with Crippen LogP contribution < -0.4 is 4.74 Å². The van der Waals surface area contributed by atoms with Crippen molar-refractivity contribution >= 4 is 22.8 Å². The van der Waals surface area contributed by atoms with Crippen molar-refractivity contribution < 1.29 is 14.6 Å². The minimum atomic E-state index is -0.196. The summed E-state index contributed by atoms with van der Waals surface area (Å²) in [6, 6.07) is 18.3. The third kappa shape index (κ3) is 4.37. The Balaban J connectivity index is 1.22. The number of aliphatic hydroxyl groups excluding tert-OH is 1. The normalized spacial score (nSPS) is 17.8. The Morgan fingerprint density at radius 1 is 1.06 bits per heavy atom. The summed E-state index contributed by atoms with van der Waals surface area (Å²) in [5.41, 5.74) is 5.86. The molecule has 0 amide bonds. The molecule has 0 saturated carbocycles. The molecule has 1 aliphatic heterocycles. The summed E-state index contributed by atoms with van der Waals surface area (Å²) in [6.07, 6.45) is 3.43. The number of hydrogen-bond donors (Lipinski definition) is 2. The molecule has 35 heavy (non-hydrogen) atoms. The lowest BCUT2D eigenvalue weighted by atomic mass is 10.0.